The average molecular weight is 277 g/mol. The molecule has 0 amide bonds. The molecule has 1 saturated heterocycles. The number of aliphatic hydroxyl groups excluding tert-OH is 2. The molecule has 19 heavy (non-hydrogen) atoms. The summed E-state index contributed by atoms with van der Waals surface area (Å²) in [6, 6.07) is 1.23. The fraction of sp³-hybridized carbons (Fsp3) is 0.600. The van der Waals surface area contributed by atoms with Crippen molar-refractivity contribution in [2.24, 2.45) is 0 Å². The molecule has 0 saturated carbocycles. The van der Waals surface area contributed by atoms with Crippen LogP contribution >= 0.6 is 0 Å². The predicted octanol–water partition coefficient (Wildman–Crippen LogP) is -1.25. The van der Waals surface area contributed by atoms with Gasteiger partial charge in [0.05, 0.1) is 6.61 Å². The van der Waals surface area contributed by atoms with E-state index in [-0.39, 0.29) is 5.82 Å². The van der Waals surface area contributed by atoms with E-state index in [0.29, 0.717) is 0 Å². The number of ether oxygens (including phenoxy) is 1. The second-order valence-corrected chi connectivity index (χ2v) is 4.17. The lowest BCUT2D eigenvalue weighted by molar-refractivity contribution is -0.220. The van der Waals surface area contributed by atoms with Crippen molar-refractivity contribution in [3.63, 3.8) is 0 Å². The van der Waals surface area contributed by atoms with Crippen molar-refractivity contribution in [3.8, 4) is 0 Å². The lowest BCUT2D eigenvalue weighted by atomic mass is 10.0. The zero-order valence-electron chi connectivity index (χ0n) is 9.69. The first-order valence-electron chi connectivity index (χ1n) is 5.53. The van der Waals surface area contributed by atoms with Gasteiger partial charge < -0.3 is 20.7 Å². The standard InChI is InChI=1S/C10H13F2N3O4/c11-6-7(12)9(19-4(3-16)8(6)17)15-2-1-5(13)14-10(15)18/h1-2,4,6-9,16-17H,3H2,(H2,13,14,18)/t4-,6-,7?,8?,9-/m1/s1. The fourth-order valence-corrected chi connectivity index (χ4v) is 1.87. The third-order valence-electron chi connectivity index (χ3n) is 2.90. The average Bonchev–Trinajstić information content (AvgIpc) is 2.38. The van der Waals surface area contributed by atoms with Crippen LogP contribution in [0.5, 0.6) is 0 Å². The van der Waals surface area contributed by atoms with Gasteiger partial charge in [-0.15, -0.1) is 0 Å². The number of nitrogens with two attached hydrogens (primary N) is 1. The Morgan fingerprint density at radius 3 is 2.74 bits per heavy atom. The number of alkyl halides is 2. The Bertz CT molecular complexity index is 510. The summed E-state index contributed by atoms with van der Waals surface area (Å²) >= 11 is 0. The molecule has 0 bridgehead atoms. The van der Waals surface area contributed by atoms with Gasteiger partial charge in [0.15, 0.2) is 18.6 Å². The van der Waals surface area contributed by atoms with E-state index in [1.54, 1.807) is 0 Å². The van der Waals surface area contributed by atoms with Gasteiger partial charge in [0, 0.05) is 6.20 Å². The molecule has 1 aliphatic rings. The van der Waals surface area contributed by atoms with E-state index in [4.69, 9.17) is 15.6 Å². The van der Waals surface area contributed by atoms with Gasteiger partial charge >= 0.3 is 5.69 Å². The Hall–Kier alpha value is -1.58. The molecule has 0 radical (unpaired) electrons. The zero-order chi connectivity index (χ0) is 14.2. The number of nitrogen functional groups attached to an aromatic ring is 1. The van der Waals surface area contributed by atoms with E-state index in [0.717, 1.165) is 10.8 Å². The van der Waals surface area contributed by atoms with Gasteiger partial charge in [-0.25, -0.2) is 13.6 Å². The third kappa shape index (κ3) is 2.44. The van der Waals surface area contributed by atoms with Crippen LogP contribution in [0, 0.1) is 0 Å². The highest BCUT2D eigenvalue weighted by atomic mass is 19.2. The number of rotatable bonds is 2. The summed E-state index contributed by atoms with van der Waals surface area (Å²) in [5, 5.41) is 18.3. The Kier molecular flexibility index (Phi) is 3.78. The molecular weight excluding hydrogens is 264 g/mol. The second-order valence-electron chi connectivity index (χ2n) is 4.17. The summed E-state index contributed by atoms with van der Waals surface area (Å²) in [5.41, 5.74) is 4.37. The van der Waals surface area contributed by atoms with Gasteiger partial charge in [0.25, 0.3) is 0 Å². The van der Waals surface area contributed by atoms with Crippen LogP contribution < -0.4 is 11.4 Å². The number of hydrogen-bond donors (Lipinski definition) is 3. The summed E-state index contributed by atoms with van der Waals surface area (Å²) in [4.78, 5) is 14.9. The Morgan fingerprint density at radius 1 is 1.47 bits per heavy atom. The lowest BCUT2D eigenvalue weighted by Gasteiger charge is -2.38. The normalized spacial score (nSPS) is 35.3. The topological polar surface area (TPSA) is 111 Å². The van der Waals surface area contributed by atoms with Crippen LogP contribution in [0.25, 0.3) is 0 Å². The van der Waals surface area contributed by atoms with Crippen molar-refractivity contribution in [2.75, 3.05) is 12.3 Å². The monoisotopic (exact) mass is 277 g/mol. The largest absolute Gasteiger partial charge is 0.394 e. The van der Waals surface area contributed by atoms with Crippen LogP contribution in [0.2, 0.25) is 0 Å². The van der Waals surface area contributed by atoms with Gasteiger partial charge in [0.2, 0.25) is 0 Å². The van der Waals surface area contributed by atoms with E-state index in [1.165, 1.54) is 6.07 Å². The minimum atomic E-state index is -2.28. The summed E-state index contributed by atoms with van der Waals surface area (Å²) in [5.74, 6) is -0.0667. The number of aliphatic hydroxyl groups is 2. The van der Waals surface area contributed by atoms with Crippen molar-refractivity contribution in [3.05, 3.63) is 22.7 Å². The molecule has 7 nitrogen and oxygen atoms in total. The highest BCUT2D eigenvalue weighted by Crippen LogP contribution is 2.31. The number of nitrogens with zero attached hydrogens (tertiary/aromatic N) is 2. The molecule has 1 aromatic rings. The number of halogens is 2. The van der Waals surface area contributed by atoms with Gasteiger partial charge in [-0.2, -0.15) is 4.98 Å². The molecule has 5 atom stereocenters. The molecule has 1 aliphatic heterocycles. The van der Waals surface area contributed by atoms with E-state index >= 15 is 0 Å². The molecule has 0 aliphatic carbocycles. The van der Waals surface area contributed by atoms with Crippen LogP contribution in [0.4, 0.5) is 14.6 Å². The van der Waals surface area contributed by atoms with Crippen LogP contribution in [-0.2, 0) is 4.74 Å². The van der Waals surface area contributed by atoms with Crippen molar-refractivity contribution >= 4 is 5.82 Å². The molecule has 0 spiro atoms. The van der Waals surface area contributed by atoms with Crippen molar-refractivity contribution < 1.29 is 23.7 Å². The summed E-state index contributed by atoms with van der Waals surface area (Å²) < 4.78 is 33.1. The Balaban J connectivity index is 2.35. The van der Waals surface area contributed by atoms with Crippen molar-refractivity contribution in [1.29, 1.82) is 0 Å². The zero-order valence-corrected chi connectivity index (χ0v) is 9.69. The number of aromatic nitrogens is 2. The highest BCUT2D eigenvalue weighted by molar-refractivity contribution is 5.23. The van der Waals surface area contributed by atoms with Crippen LogP contribution in [0.3, 0.4) is 0 Å². The first-order valence-corrected chi connectivity index (χ1v) is 5.53. The Labute approximate surface area is 106 Å². The molecule has 1 aromatic heterocycles. The lowest BCUT2D eigenvalue weighted by Crippen LogP contribution is -2.54. The van der Waals surface area contributed by atoms with E-state index in [2.05, 4.69) is 4.98 Å². The van der Waals surface area contributed by atoms with E-state index in [1.807, 2.05) is 0 Å². The molecule has 1 fully saturated rings. The Morgan fingerprint density at radius 2 is 2.16 bits per heavy atom. The number of anilines is 1. The molecule has 106 valence electrons. The first kappa shape index (κ1) is 13.8. The van der Waals surface area contributed by atoms with E-state index < -0.39 is 43.1 Å². The quantitative estimate of drug-likeness (QED) is 0.623. The maximum Gasteiger partial charge on any atom is 0.351 e. The molecule has 0 aromatic carbocycles. The fourth-order valence-electron chi connectivity index (χ4n) is 1.87. The van der Waals surface area contributed by atoms with Crippen molar-refractivity contribution in [1.82, 2.24) is 9.55 Å². The molecular formula is C10H13F2N3O4. The van der Waals surface area contributed by atoms with Crippen molar-refractivity contribution in [2.45, 2.75) is 30.8 Å². The smallest absolute Gasteiger partial charge is 0.351 e. The van der Waals surface area contributed by atoms with E-state index in [9.17, 15) is 18.7 Å². The maximum atomic E-state index is 13.8. The maximum absolute atomic E-state index is 13.8. The van der Waals surface area contributed by atoms with Crippen LogP contribution in [0.15, 0.2) is 17.1 Å². The summed E-state index contributed by atoms with van der Waals surface area (Å²) in [6.45, 7) is -0.706. The minimum Gasteiger partial charge on any atom is -0.394 e. The van der Waals surface area contributed by atoms with Crippen LogP contribution in [0.1, 0.15) is 6.23 Å². The van der Waals surface area contributed by atoms with Gasteiger partial charge in [-0.1, -0.05) is 0 Å². The summed E-state index contributed by atoms with van der Waals surface area (Å²) in [6.07, 6.45) is -8.16. The summed E-state index contributed by atoms with van der Waals surface area (Å²) in [7, 11) is 0. The third-order valence-corrected chi connectivity index (χ3v) is 2.90. The molecule has 2 rings (SSSR count). The van der Waals surface area contributed by atoms with Crippen LogP contribution in [-0.4, -0.2) is 50.9 Å². The second kappa shape index (κ2) is 5.19. The van der Waals surface area contributed by atoms with Gasteiger partial charge in [-0.3, -0.25) is 4.57 Å². The number of hydrogen-bond acceptors (Lipinski definition) is 6. The molecule has 2 heterocycles. The van der Waals surface area contributed by atoms with Gasteiger partial charge in [-0.05, 0) is 6.07 Å². The minimum absolute atomic E-state index is 0.0667. The molecule has 9 heteroatoms. The predicted molar refractivity (Wildman–Crippen MR) is 59.7 cm³/mol. The SMILES string of the molecule is Nc1ccn([C@@H]2O[C@H](CO)C(O)[C@H](F)C2F)c(=O)n1. The first-order chi connectivity index (χ1) is 8.95. The molecule has 4 N–H and O–H groups in total. The highest BCUT2D eigenvalue weighted by Gasteiger charge is 2.47. The van der Waals surface area contributed by atoms with Gasteiger partial charge in [0.1, 0.15) is 18.0 Å². The molecule has 2 unspecified atom stereocenters.